The second-order valence-electron chi connectivity index (χ2n) is 13.7. The molecule has 2 aliphatic rings. The first-order valence-corrected chi connectivity index (χ1v) is 20.3. The zero-order chi connectivity index (χ0) is 29.8. The van der Waals surface area contributed by atoms with Crippen molar-refractivity contribution in [1.82, 2.24) is 0 Å². The van der Waals surface area contributed by atoms with Crippen LogP contribution in [0.2, 0.25) is 0 Å². The standard InChI is InChI=1S/C21H25.C13H8Br2.C5H5.2ClH.Zr/c1-20(2,3)16-9-7-14-11-15-8-10-17(21(4,5)6)13-19(15)18(14)12-16;14-12-5-1-3-10(8-12)7-11-4-2-6-13(15)9-11;1-2-4-5-3-1;;;/h7-13H,1-6H3;1-6,8-9H;1-3H,4H2;2*1H;/q;;;;;+2/p-2. The minimum absolute atomic E-state index is 0. The van der Waals surface area contributed by atoms with Crippen LogP contribution in [-0.2, 0) is 32.1 Å². The van der Waals surface area contributed by atoms with Gasteiger partial charge in [-0.15, -0.1) is 0 Å². The molecule has 0 radical (unpaired) electrons. The van der Waals surface area contributed by atoms with E-state index in [0.717, 1.165) is 15.4 Å². The third kappa shape index (κ3) is 6.99. The second kappa shape index (κ2) is 13.8. The van der Waals surface area contributed by atoms with Gasteiger partial charge in [-0.05, 0) is 0 Å². The van der Waals surface area contributed by atoms with Crippen LogP contribution >= 0.6 is 31.9 Å². The summed E-state index contributed by atoms with van der Waals surface area (Å²) in [5, 5.41) is 0. The van der Waals surface area contributed by atoms with Gasteiger partial charge in [-0.3, -0.25) is 0 Å². The van der Waals surface area contributed by atoms with Crippen molar-refractivity contribution >= 4 is 35.1 Å². The van der Waals surface area contributed by atoms with Gasteiger partial charge in [-0.1, -0.05) is 0 Å². The van der Waals surface area contributed by atoms with E-state index in [9.17, 15) is 0 Å². The fourth-order valence-corrected chi connectivity index (χ4v) is 16.2. The van der Waals surface area contributed by atoms with E-state index in [4.69, 9.17) is 0 Å². The SMILES string of the molecule is CC(C)(C)c1ccc2c(c1)-c1cc(C(C)(C)C)ccc1[CH]2[Zr+2]([C]1=CC=CC1)=[C](c1cccc(Br)c1)c1cccc(Br)c1.[Cl-].[Cl-]. The fraction of sp³-hybridized carbons (Fsp3) is 0.256. The summed E-state index contributed by atoms with van der Waals surface area (Å²) in [5.41, 5.74) is 11.6. The zero-order valence-corrected chi connectivity index (χ0v) is 33.3. The number of benzene rings is 4. The molecule has 0 N–H and O–H groups in total. The summed E-state index contributed by atoms with van der Waals surface area (Å²) >= 11 is 4.91. The summed E-state index contributed by atoms with van der Waals surface area (Å²) in [6.07, 6.45) is 8.16. The molecule has 0 aliphatic heterocycles. The smallest absolute Gasteiger partial charge is 1.00 e. The molecule has 226 valence electrons. The molecule has 0 bridgehead atoms. The van der Waals surface area contributed by atoms with Crippen LogP contribution < -0.4 is 24.8 Å². The predicted molar refractivity (Wildman–Crippen MR) is 184 cm³/mol. The van der Waals surface area contributed by atoms with E-state index in [1.54, 1.807) is 6.49 Å². The third-order valence-corrected chi connectivity index (χ3v) is 17.9. The fourth-order valence-electron chi connectivity index (χ4n) is 6.40. The van der Waals surface area contributed by atoms with Crippen molar-refractivity contribution < 1.29 is 46.1 Å². The van der Waals surface area contributed by atoms with Gasteiger partial charge in [0.25, 0.3) is 0 Å². The second-order valence-corrected chi connectivity index (χ2v) is 21.8. The largest absolute Gasteiger partial charge is 1.00 e. The van der Waals surface area contributed by atoms with Crippen molar-refractivity contribution in [3.63, 3.8) is 0 Å². The molecule has 0 amide bonds. The third-order valence-electron chi connectivity index (χ3n) is 8.65. The Morgan fingerprint density at radius 3 is 1.52 bits per heavy atom. The average Bonchev–Trinajstić information content (AvgIpc) is 3.57. The summed E-state index contributed by atoms with van der Waals surface area (Å²) < 4.78 is 5.89. The Labute approximate surface area is 300 Å². The van der Waals surface area contributed by atoms with Crippen molar-refractivity contribution in [2.75, 3.05) is 0 Å². The van der Waals surface area contributed by atoms with Gasteiger partial charge >= 0.3 is 279 Å². The van der Waals surface area contributed by atoms with Gasteiger partial charge in [0, 0.05) is 0 Å². The summed E-state index contributed by atoms with van der Waals surface area (Å²) in [4.78, 5) is 0. The van der Waals surface area contributed by atoms with E-state index < -0.39 is 21.3 Å². The molecule has 0 heterocycles. The van der Waals surface area contributed by atoms with Crippen LogP contribution in [0.1, 0.15) is 85.0 Å². The Kier molecular flexibility index (Phi) is 11.1. The van der Waals surface area contributed by atoms with Crippen LogP contribution in [0.4, 0.5) is 0 Å². The average molecular weight is 829 g/mol. The molecule has 0 spiro atoms. The van der Waals surface area contributed by atoms with Crippen molar-refractivity contribution in [3.05, 3.63) is 149 Å². The van der Waals surface area contributed by atoms with Crippen molar-refractivity contribution in [2.24, 2.45) is 0 Å². The van der Waals surface area contributed by atoms with Crippen LogP contribution in [0.5, 0.6) is 0 Å². The topological polar surface area (TPSA) is 0 Å². The molecule has 0 unspecified atom stereocenters. The molecule has 0 nitrogen and oxygen atoms in total. The van der Waals surface area contributed by atoms with E-state index in [0.29, 0.717) is 3.63 Å². The first kappa shape index (κ1) is 35.5. The number of halogens is 4. The maximum absolute atomic E-state index is 3.81. The Balaban J connectivity index is 0.00000221. The maximum atomic E-state index is 3.81. The van der Waals surface area contributed by atoms with Gasteiger partial charge in [-0.2, -0.15) is 0 Å². The quantitative estimate of drug-likeness (QED) is 0.251. The molecule has 0 atom stereocenters. The molecule has 5 heteroatoms. The van der Waals surface area contributed by atoms with Crippen LogP contribution in [0, 0.1) is 0 Å². The molecule has 0 saturated heterocycles. The number of allylic oxidation sites excluding steroid dienone is 4. The normalized spacial score (nSPS) is 13.7. The molecule has 44 heavy (non-hydrogen) atoms. The molecule has 0 fully saturated rings. The molecular weight excluding hydrogens is 790 g/mol. The van der Waals surface area contributed by atoms with Crippen LogP contribution in [-0.4, -0.2) is 3.21 Å². The van der Waals surface area contributed by atoms with Gasteiger partial charge < -0.3 is 24.8 Å². The molecule has 0 saturated carbocycles. The van der Waals surface area contributed by atoms with E-state index in [1.807, 2.05) is 0 Å². The maximum Gasteiger partial charge on any atom is -1.00 e. The molecule has 4 aromatic rings. The zero-order valence-electron chi connectivity index (χ0n) is 26.1. The predicted octanol–water partition coefficient (Wildman–Crippen LogP) is 5.62. The van der Waals surface area contributed by atoms with Crippen molar-refractivity contribution in [2.45, 2.75) is 62.4 Å². The van der Waals surface area contributed by atoms with Crippen molar-refractivity contribution in [3.8, 4) is 11.1 Å². The number of hydrogen-bond donors (Lipinski definition) is 0. The summed E-state index contributed by atoms with van der Waals surface area (Å²) in [7, 11) is 0. The van der Waals surface area contributed by atoms with Gasteiger partial charge in [0.2, 0.25) is 0 Å². The van der Waals surface area contributed by atoms with Gasteiger partial charge in [0.05, 0.1) is 0 Å². The van der Waals surface area contributed by atoms with Crippen LogP contribution in [0.15, 0.2) is 115 Å². The monoisotopic (exact) mass is 824 g/mol. The summed E-state index contributed by atoms with van der Waals surface area (Å²) in [6.45, 7) is 14.0. The summed E-state index contributed by atoms with van der Waals surface area (Å²) in [5.74, 6) is 0. The number of fused-ring (bicyclic) bond motifs is 3. The molecule has 0 aromatic heterocycles. The minimum atomic E-state index is -2.71. The number of rotatable bonds is 4. The van der Waals surface area contributed by atoms with E-state index in [1.165, 1.54) is 44.5 Å². The minimum Gasteiger partial charge on any atom is -1.00 e. The van der Waals surface area contributed by atoms with Gasteiger partial charge in [0.1, 0.15) is 0 Å². The van der Waals surface area contributed by atoms with Crippen LogP contribution in [0.25, 0.3) is 11.1 Å². The van der Waals surface area contributed by atoms with E-state index >= 15 is 0 Å². The van der Waals surface area contributed by atoms with Crippen molar-refractivity contribution in [1.29, 1.82) is 0 Å². The molecule has 2 aliphatic carbocycles. The van der Waals surface area contributed by atoms with Gasteiger partial charge in [0.15, 0.2) is 0 Å². The van der Waals surface area contributed by atoms with Crippen LogP contribution in [0.3, 0.4) is 0 Å². The molecular formula is C39H38Br2Cl2Zr. The first-order chi connectivity index (χ1) is 19.9. The first-order valence-electron chi connectivity index (χ1n) is 14.8. The Bertz CT molecular complexity index is 1690. The van der Waals surface area contributed by atoms with Gasteiger partial charge in [-0.25, -0.2) is 0 Å². The van der Waals surface area contributed by atoms with E-state index in [2.05, 4.69) is 177 Å². The molecule has 4 aromatic carbocycles. The Morgan fingerprint density at radius 1 is 0.659 bits per heavy atom. The summed E-state index contributed by atoms with van der Waals surface area (Å²) in [6, 6.07) is 32.8. The Hall–Kier alpha value is -1.35. The molecule has 6 rings (SSSR count). The number of hydrogen-bond acceptors (Lipinski definition) is 0. The van der Waals surface area contributed by atoms with E-state index in [-0.39, 0.29) is 35.6 Å². The Morgan fingerprint density at radius 2 is 1.14 bits per heavy atom.